The number of aromatic nitrogens is 1. The fraction of sp³-hybridized carbons (Fsp3) is 0.500. The van der Waals surface area contributed by atoms with E-state index < -0.39 is 18.0 Å². The van der Waals surface area contributed by atoms with Crippen LogP contribution in [0.3, 0.4) is 0 Å². The first-order chi connectivity index (χ1) is 9.85. The molecule has 21 heavy (non-hydrogen) atoms. The first kappa shape index (κ1) is 16.9. The van der Waals surface area contributed by atoms with E-state index in [4.69, 9.17) is 5.11 Å². The highest BCUT2D eigenvalue weighted by atomic mass is 32.1. The van der Waals surface area contributed by atoms with Gasteiger partial charge in [-0.1, -0.05) is 0 Å². The van der Waals surface area contributed by atoms with Crippen molar-refractivity contribution in [2.24, 2.45) is 0 Å². The van der Waals surface area contributed by atoms with E-state index in [1.165, 1.54) is 17.4 Å². The van der Waals surface area contributed by atoms with E-state index in [2.05, 4.69) is 15.0 Å². The quantitative estimate of drug-likeness (QED) is 0.761. The molecule has 0 aromatic carbocycles. The largest absolute Gasteiger partial charge is 0.476 e. The maximum absolute atomic E-state index is 11.9. The minimum absolute atomic E-state index is 0.0462. The van der Waals surface area contributed by atoms with Gasteiger partial charge in [-0.3, -0.25) is 4.79 Å². The van der Waals surface area contributed by atoms with Crippen LogP contribution < -0.4 is 5.32 Å². The number of methoxy groups -OCH3 is 1. The fourth-order valence-corrected chi connectivity index (χ4v) is 2.20. The van der Waals surface area contributed by atoms with Gasteiger partial charge in [0.05, 0.1) is 19.6 Å². The van der Waals surface area contributed by atoms with Crippen molar-refractivity contribution in [2.45, 2.75) is 19.4 Å². The van der Waals surface area contributed by atoms with Gasteiger partial charge in [0, 0.05) is 19.0 Å². The van der Waals surface area contributed by atoms with Crippen molar-refractivity contribution in [3.05, 3.63) is 16.1 Å². The third kappa shape index (κ3) is 5.03. The molecule has 2 N–H and O–H groups in total. The van der Waals surface area contributed by atoms with Gasteiger partial charge >= 0.3 is 18.0 Å². The Balaban J connectivity index is 2.52. The highest BCUT2D eigenvalue weighted by Gasteiger charge is 2.18. The molecule has 1 aromatic rings. The van der Waals surface area contributed by atoms with E-state index in [-0.39, 0.29) is 24.7 Å². The maximum atomic E-state index is 11.9. The van der Waals surface area contributed by atoms with Crippen molar-refractivity contribution in [1.82, 2.24) is 15.2 Å². The summed E-state index contributed by atoms with van der Waals surface area (Å²) in [5, 5.41) is 13.4. The second kappa shape index (κ2) is 7.58. The average molecular weight is 315 g/mol. The standard InChI is InChI=1S/C12H17N3O5S/c1-7(10-14-8(6-21-10)11(17)18)13-12(19)15(2)5-4-9(16)20-3/h6-7H,4-5H2,1-3H3,(H,13,19)(H,17,18). The van der Waals surface area contributed by atoms with Crippen LogP contribution in [-0.2, 0) is 9.53 Å². The summed E-state index contributed by atoms with van der Waals surface area (Å²) in [5.74, 6) is -1.50. The number of nitrogens with zero attached hydrogens (tertiary/aromatic N) is 2. The molecule has 0 bridgehead atoms. The van der Waals surface area contributed by atoms with Crippen LogP contribution in [0.5, 0.6) is 0 Å². The van der Waals surface area contributed by atoms with Crippen molar-refractivity contribution in [2.75, 3.05) is 20.7 Å². The molecular weight excluding hydrogens is 298 g/mol. The number of hydrogen-bond donors (Lipinski definition) is 2. The summed E-state index contributed by atoms with van der Waals surface area (Å²) in [6.07, 6.45) is 0.106. The number of carbonyl (C=O) groups is 3. The highest BCUT2D eigenvalue weighted by Crippen LogP contribution is 2.18. The SMILES string of the molecule is COC(=O)CCN(C)C(=O)NC(C)c1nc(C(=O)O)cs1. The lowest BCUT2D eigenvalue weighted by Crippen LogP contribution is -2.39. The van der Waals surface area contributed by atoms with E-state index in [0.29, 0.717) is 5.01 Å². The second-order valence-electron chi connectivity index (χ2n) is 4.30. The zero-order chi connectivity index (χ0) is 16.0. The number of urea groups is 1. The van der Waals surface area contributed by atoms with Crippen LogP contribution in [0.1, 0.15) is 34.9 Å². The Labute approximate surface area is 125 Å². The van der Waals surface area contributed by atoms with Gasteiger partial charge in [0.15, 0.2) is 5.69 Å². The summed E-state index contributed by atoms with van der Waals surface area (Å²) < 4.78 is 4.49. The van der Waals surface area contributed by atoms with Gasteiger partial charge in [0.25, 0.3) is 0 Å². The van der Waals surface area contributed by atoms with Gasteiger partial charge in [-0.25, -0.2) is 14.6 Å². The molecule has 9 heteroatoms. The maximum Gasteiger partial charge on any atom is 0.355 e. The molecule has 0 spiro atoms. The fourth-order valence-electron chi connectivity index (χ4n) is 1.40. The molecule has 0 saturated carbocycles. The topological polar surface area (TPSA) is 109 Å². The molecular formula is C12H17N3O5S. The summed E-state index contributed by atoms with van der Waals surface area (Å²) in [6.45, 7) is 1.93. The lowest BCUT2D eigenvalue weighted by molar-refractivity contribution is -0.140. The Bertz CT molecular complexity index is 531. The lowest BCUT2D eigenvalue weighted by Gasteiger charge is -2.19. The first-order valence-corrected chi connectivity index (χ1v) is 7.00. The summed E-state index contributed by atoms with van der Waals surface area (Å²) in [6, 6.07) is -0.797. The van der Waals surface area contributed by atoms with E-state index >= 15 is 0 Å². The number of carboxylic acids is 1. The molecule has 0 aliphatic carbocycles. The van der Waals surface area contributed by atoms with Crippen molar-refractivity contribution in [3.63, 3.8) is 0 Å². The van der Waals surface area contributed by atoms with Crippen molar-refractivity contribution >= 4 is 29.3 Å². The second-order valence-corrected chi connectivity index (χ2v) is 5.18. The molecule has 0 fully saturated rings. The molecule has 0 saturated heterocycles. The van der Waals surface area contributed by atoms with Crippen LogP contribution in [0, 0.1) is 0 Å². The summed E-state index contributed by atoms with van der Waals surface area (Å²) in [5.41, 5.74) is -0.0462. The number of rotatable bonds is 6. The van der Waals surface area contributed by atoms with E-state index in [1.54, 1.807) is 14.0 Å². The average Bonchev–Trinajstić information content (AvgIpc) is 2.94. The van der Waals surface area contributed by atoms with E-state index in [9.17, 15) is 14.4 Å². The van der Waals surface area contributed by atoms with Gasteiger partial charge in [-0.15, -0.1) is 11.3 Å². The first-order valence-electron chi connectivity index (χ1n) is 6.12. The zero-order valence-corrected chi connectivity index (χ0v) is 12.8. The molecule has 1 unspecified atom stereocenters. The number of ether oxygens (including phenoxy) is 1. The third-order valence-corrected chi connectivity index (χ3v) is 3.70. The molecule has 1 aromatic heterocycles. The highest BCUT2D eigenvalue weighted by molar-refractivity contribution is 7.09. The number of esters is 1. The van der Waals surface area contributed by atoms with Gasteiger partial charge < -0.3 is 20.1 Å². The van der Waals surface area contributed by atoms with Crippen LogP contribution in [0.25, 0.3) is 0 Å². The van der Waals surface area contributed by atoms with Gasteiger partial charge in [0.1, 0.15) is 5.01 Å². The molecule has 0 radical (unpaired) electrons. The number of aromatic carboxylic acids is 1. The summed E-state index contributed by atoms with van der Waals surface area (Å²) in [4.78, 5) is 38.9. The molecule has 1 atom stereocenters. The van der Waals surface area contributed by atoms with Crippen LogP contribution in [0.15, 0.2) is 5.38 Å². The molecule has 0 aliphatic rings. The summed E-state index contributed by atoms with van der Waals surface area (Å²) >= 11 is 1.16. The van der Waals surface area contributed by atoms with E-state index in [1.807, 2.05) is 0 Å². The molecule has 2 amide bonds. The minimum atomic E-state index is -1.11. The predicted molar refractivity (Wildman–Crippen MR) is 75.3 cm³/mol. The van der Waals surface area contributed by atoms with Gasteiger partial charge in [-0.05, 0) is 6.92 Å². The van der Waals surface area contributed by atoms with E-state index in [0.717, 1.165) is 11.3 Å². The number of carboxylic acid groups (broad SMARTS) is 1. The van der Waals surface area contributed by atoms with Crippen molar-refractivity contribution < 1.29 is 24.2 Å². The molecule has 0 aliphatic heterocycles. The number of hydrogen-bond acceptors (Lipinski definition) is 6. The number of carbonyl (C=O) groups excluding carboxylic acids is 2. The Morgan fingerprint density at radius 3 is 2.71 bits per heavy atom. The Kier molecular flexibility index (Phi) is 6.10. The number of thiazole rings is 1. The summed E-state index contributed by atoms with van der Waals surface area (Å²) in [7, 11) is 2.84. The molecule has 116 valence electrons. The zero-order valence-electron chi connectivity index (χ0n) is 12.0. The lowest BCUT2D eigenvalue weighted by atomic mass is 10.3. The van der Waals surface area contributed by atoms with Gasteiger partial charge in [-0.2, -0.15) is 0 Å². The third-order valence-electron chi connectivity index (χ3n) is 2.68. The minimum Gasteiger partial charge on any atom is -0.476 e. The van der Waals surface area contributed by atoms with Crippen molar-refractivity contribution in [3.8, 4) is 0 Å². The molecule has 8 nitrogen and oxygen atoms in total. The monoisotopic (exact) mass is 315 g/mol. The van der Waals surface area contributed by atoms with Crippen LogP contribution in [0.4, 0.5) is 4.79 Å². The molecule has 1 rings (SSSR count). The number of amides is 2. The Morgan fingerprint density at radius 1 is 1.52 bits per heavy atom. The van der Waals surface area contributed by atoms with Crippen LogP contribution in [0.2, 0.25) is 0 Å². The van der Waals surface area contributed by atoms with Crippen LogP contribution >= 0.6 is 11.3 Å². The van der Waals surface area contributed by atoms with Crippen molar-refractivity contribution in [1.29, 1.82) is 0 Å². The normalized spacial score (nSPS) is 11.6. The Hall–Kier alpha value is -2.16. The smallest absolute Gasteiger partial charge is 0.355 e. The van der Waals surface area contributed by atoms with Crippen LogP contribution in [-0.4, -0.2) is 53.7 Å². The predicted octanol–water partition coefficient (Wildman–Crippen LogP) is 1.11. The Morgan fingerprint density at radius 2 is 2.19 bits per heavy atom. The molecule has 1 heterocycles. The number of nitrogens with one attached hydrogen (secondary N) is 1. The van der Waals surface area contributed by atoms with Gasteiger partial charge in [0.2, 0.25) is 0 Å².